The van der Waals surface area contributed by atoms with E-state index in [1.54, 1.807) is 35.6 Å². The van der Waals surface area contributed by atoms with Crippen molar-refractivity contribution in [2.45, 2.75) is 18.3 Å². The first kappa shape index (κ1) is 12.9. The van der Waals surface area contributed by atoms with Crippen LogP contribution in [-0.2, 0) is 10.2 Å². The van der Waals surface area contributed by atoms with E-state index in [0.717, 1.165) is 17.7 Å². The van der Waals surface area contributed by atoms with Crippen molar-refractivity contribution in [1.82, 2.24) is 0 Å². The van der Waals surface area contributed by atoms with Gasteiger partial charge >= 0.3 is 0 Å². The SMILES string of the molecule is NC(=O)c1ccccc1NC(=O)C1(c2cccs2)CC1. The zero-order valence-electron chi connectivity index (χ0n) is 10.8. The quantitative estimate of drug-likeness (QED) is 0.906. The number of carbonyl (C=O) groups is 2. The Balaban J connectivity index is 1.86. The Morgan fingerprint density at radius 1 is 1.15 bits per heavy atom. The number of anilines is 1. The second-order valence-electron chi connectivity index (χ2n) is 4.92. The first-order valence-corrected chi connectivity index (χ1v) is 7.26. The van der Waals surface area contributed by atoms with Gasteiger partial charge in [0.25, 0.3) is 5.91 Å². The van der Waals surface area contributed by atoms with Gasteiger partial charge in [0.1, 0.15) is 0 Å². The van der Waals surface area contributed by atoms with Crippen molar-refractivity contribution in [2.24, 2.45) is 5.73 Å². The third kappa shape index (κ3) is 2.10. The highest BCUT2D eigenvalue weighted by atomic mass is 32.1. The lowest BCUT2D eigenvalue weighted by molar-refractivity contribution is -0.118. The maximum atomic E-state index is 12.5. The minimum atomic E-state index is -0.540. The van der Waals surface area contributed by atoms with E-state index < -0.39 is 11.3 Å². The lowest BCUT2D eigenvalue weighted by Gasteiger charge is -2.15. The zero-order valence-corrected chi connectivity index (χ0v) is 11.6. The zero-order chi connectivity index (χ0) is 14.2. The molecule has 0 aliphatic heterocycles. The topological polar surface area (TPSA) is 72.2 Å². The average Bonchev–Trinajstić information content (AvgIpc) is 3.07. The fourth-order valence-electron chi connectivity index (χ4n) is 2.31. The number of thiophene rings is 1. The van der Waals surface area contributed by atoms with Crippen LogP contribution in [0.2, 0.25) is 0 Å². The number of primary amides is 1. The van der Waals surface area contributed by atoms with Crippen LogP contribution in [0.3, 0.4) is 0 Å². The highest BCUT2D eigenvalue weighted by molar-refractivity contribution is 7.10. The first-order valence-electron chi connectivity index (χ1n) is 6.38. The van der Waals surface area contributed by atoms with Crippen LogP contribution in [0.4, 0.5) is 5.69 Å². The second kappa shape index (κ2) is 4.76. The molecule has 4 nitrogen and oxygen atoms in total. The Morgan fingerprint density at radius 3 is 2.50 bits per heavy atom. The molecule has 0 saturated heterocycles. The van der Waals surface area contributed by atoms with Gasteiger partial charge in [-0.3, -0.25) is 9.59 Å². The van der Waals surface area contributed by atoms with Crippen molar-refractivity contribution in [3.05, 3.63) is 52.2 Å². The summed E-state index contributed by atoms with van der Waals surface area (Å²) in [6.07, 6.45) is 1.69. The number of carbonyl (C=O) groups excluding carboxylic acids is 2. The Hall–Kier alpha value is -2.14. The lowest BCUT2D eigenvalue weighted by Crippen LogP contribution is -2.28. The average molecular weight is 286 g/mol. The van der Waals surface area contributed by atoms with Crippen LogP contribution >= 0.6 is 11.3 Å². The van der Waals surface area contributed by atoms with Crippen LogP contribution in [0.25, 0.3) is 0 Å². The summed E-state index contributed by atoms with van der Waals surface area (Å²) in [4.78, 5) is 25.0. The summed E-state index contributed by atoms with van der Waals surface area (Å²) in [5.41, 5.74) is 5.72. The fraction of sp³-hybridized carbons (Fsp3) is 0.200. The third-order valence-electron chi connectivity index (χ3n) is 3.62. The molecule has 1 aromatic heterocycles. The molecule has 1 heterocycles. The third-order valence-corrected chi connectivity index (χ3v) is 4.69. The molecule has 3 N–H and O–H groups in total. The molecule has 102 valence electrons. The van der Waals surface area contributed by atoms with Crippen LogP contribution in [-0.4, -0.2) is 11.8 Å². The fourth-order valence-corrected chi connectivity index (χ4v) is 3.29. The van der Waals surface area contributed by atoms with Crippen LogP contribution in [0.1, 0.15) is 28.1 Å². The summed E-state index contributed by atoms with van der Waals surface area (Å²) >= 11 is 1.59. The highest BCUT2D eigenvalue weighted by Gasteiger charge is 2.52. The lowest BCUT2D eigenvalue weighted by atomic mass is 10.0. The Labute approximate surface area is 120 Å². The summed E-state index contributed by atoms with van der Waals surface area (Å²) in [6, 6.07) is 10.7. The normalized spacial score (nSPS) is 15.6. The molecule has 5 heteroatoms. The molecule has 0 bridgehead atoms. The largest absolute Gasteiger partial charge is 0.366 e. The number of benzene rings is 1. The predicted octanol–water partition coefficient (Wildman–Crippen LogP) is 2.52. The Bertz CT molecular complexity index is 660. The smallest absolute Gasteiger partial charge is 0.250 e. The summed E-state index contributed by atoms with van der Waals surface area (Å²) in [7, 11) is 0. The summed E-state index contributed by atoms with van der Waals surface area (Å²) in [5, 5.41) is 4.82. The number of nitrogens with two attached hydrogens (primary N) is 1. The molecule has 1 fully saturated rings. The monoisotopic (exact) mass is 286 g/mol. The predicted molar refractivity (Wildman–Crippen MR) is 78.8 cm³/mol. The molecule has 2 aromatic rings. The standard InChI is InChI=1S/C15H14N2O2S/c16-13(18)10-4-1-2-5-11(10)17-14(19)15(7-8-15)12-6-3-9-20-12/h1-6,9H,7-8H2,(H2,16,18)(H,17,19). The molecule has 1 aliphatic rings. The van der Waals surface area contributed by atoms with Gasteiger partial charge in [-0.2, -0.15) is 0 Å². The molecule has 0 unspecified atom stereocenters. The molecular weight excluding hydrogens is 272 g/mol. The Morgan fingerprint density at radius 2 is 1.90 bits per heavy atom. The number of rotatable bonds is 4. The van der Waals surface area contributed by atoms with Crippen molar-refractivity contribution in [1.29, 1.82) is 0 Å². The van der Waals surface area contributed by atoms with Crippen LogP contribution in [0, 0.1) is 0 Å². The van der Waals surface area contributed by atoms with Gasteiger partial charge < -0.3 is 11.1 Å². The van der Waals surface area contributed by atoms with E-state index in [2.05, 4.69) is 5.32 Å². The van der Waals surface area contributed by atoms with Crippen LogP contribution in [0.5, 0.6) is 0 Å². The van der Waals surface area contributed by atoms with E-state index in [1.807, 2.05) is 17.5 Å². The minimum absolute atomic E-state index is 0.0614. The molecule has 0 atom stereocenters. The van der Waals surface area contributed by atoms with Gasteiger partial charge in [0.2, 0.25) is 5.91 Å². The van der Waals surface area contributed by atoms with Gasteiger partial charge in [-0.25, -0.2) is 0 Å². The van der Waals surface area contributed by atoms with E-state index in [4.69, 9.17) is 5.73 Å². The molecule has 2 amide bonds. The van der Waals surface area contributed by atoms with Crippen molar-refractivity contribution in [2.75, 3.05) is 5.32 Å². The number of para-hydroxylation sites is 1. The molecule has 3 rings (SSSR count). The number of amides is 2. The van der Waals surface area contributed by atoms with Gasteiger partial charge in [0.05, 0.1) is 16.7 Å². The van der Waals surface area contributed by atoms with E-state index in [-0.39, 0.29) is 5.91 Å². The molecule has 1 saturated carbocycles. The molecule has 0 spiro atoms. The number of nitrogens with one attached hydrogen (secondary N) is 1. The van der Waals surface area contributed by atoms with E-state index in [9.17, 15) is 9.59 Å². The van der Waals surface area contributed by atoms with Gasteiger partial charge in [-0.05, 0) is 36.4 Å². The van der Waals surface area contributed by atoms with Gasteiger partial charge in [-0.1, -0.05) is 18.2 Å². The van der Waals surface area contributed by atoms with Gasteiger partial charge in [0, 0.05) is 4.88 Å². The second-order valence-corrected chi connectivity index (χ2v) is 5.87. The van der Waals surface area contributed by atoms with E-state index in [0.29, 0.717) is 11.3 Å². The van der Waals surface area contributed by atoms with Gasteiger partial charge in [0.15, 0.2) is 0 Å². The van der Waals surface area contributed by atoms with Gasteiger partial charge in [-0.15, -0.1) is 11.3 Å². The molecular formula is C15H14N2O2S. The Kier molecular flexibility index (Phi) is 3.06. The van der Waals surface area contributed by atoms with Crippen molar-refractivity contribution in [3.63, 3.8) is 0 Å². The number of hydrogen-bond acceptors (Lipinski definition) is 3. The number of hydrogen-bond donors (Lipinski definition) is 2. The van der Waals surface area contributed by atoms with Crippen LogP contribution in [0.15, 0.2) is 41.8 Å². The molecule has 1 aliphatic carbocycles. The maximum Gasteiger partial charge on any atom is 0.250 e. The summed E-state index contributed by atoms with van der Waals surface area (Å²) < 4.78 is 0. The minimum Gasteiger partial charge on any atom is -0.366 e. The molecule has 1 aromatic carbocycles. The maximum absolute atomic E-state index is 12.5. The van der Waals surface area contributed by atoms with E-state index >= 15 is 0 Å². The molecule has 20 heavy (non-hydrogen) atoms. The van der Waals surface area contributed by atoms with Crippen molar-refractivity contribution >= 4 is 28.8 Å². The molecule has 0 radical (unpaired) electrons. The van der Waals surface area contributed by atoms with Crippen molar-refractivity contribution < 1.29 is 9.59 Å². The summed E-state index contributed by atoms with van der Waals surface area (Å²) in [6.45, 7) is 0. The summed E-state index contributed by atoms with van der Waals surface area (Å²) in [5.74, 6) is -0.601. The van der Waals surface area contributed by atoms with E-state index in [1.165, 1.54) is 0 Å². The highest BCUT2D eigenvalue weighted by Crippen LogP contribution is 2.50. The van der Waals surface area contributed by atoms with Crippen LogP contribution < -0.4 is 11.1 Å². The van der Waals surface area contributed by atoms with Crippen molar-refractivity contribution in [3.8, 4) is 0 Å². The first-order chi connectivity index (χ1) is 9.63.